The molecule has 0 spiro atoms. The van der Waals surface area contributed by atoms with E-state index in [1.165, 1.54) is 0 Å². The van der Waals surface area contributed by atoms with Crippen LogP contribution >= 0.6 is 15.9 Å². The number of para-hydroxylation sites is 1. The molecule has 3 rings (SSSR count). The maximum absolute atomic E-state index is 12.0. The molecule has 1 fully saturated rings. The van der Waals surface area contributed by atoms with Crippen LogP contribution in [0, 0.1) is 0 Å². The molecular formula is C19H25BrN4O. The molecule has 25 heavy (non-hydrogen) atoms. The molecule has 1 aliphatic rings. The minimum absolute atomic E-state index is 0.121. The second kappa shape index (κ2) is 8.15. The molecule has 1 aromatic carbocycles. The summed E-state index contributed by atoms with van der Waals surface area (Å²) in [5, 5.41) is 4.17. The van der Waals surface area contributed by atoms with Gasteiger partial charge in [0.1, 0.15) is 5.82 Å². The molecule has 2 aromatic rings. The van der Waals surface area contributed by atoms with E-state index in [1.807, 2.05) is 19.1 Å². The predicted octanol–water partition coefficient (Wildman–Crippen LogP) is 3.03. The van der Waals surface area contributed by atoms with Gasteiger partial charge in [-0.1, -0.05) is 19.1 Å². The number of hydrogen-bond donors (Lipinski definition) is 1. The van der Waals surface area contributed by atoms with Crippen molar-refractivity contribution in [2.45, 2.75) is 26.3 Å². The van der Waals surface area contributed by atoms with Gasteiger partial charge in [0, 0.05) is 42.1 Å². The fourth-order valence-electron chi connectivity index (χ4n) is 3.04. The van der Waals surface area contributed by atoms with Crippen molar-refractivity contribution in [3.63, 3.8) is 0 Å². The normalized spacial score (nSPS) is 16.8. The van der Waals surface area contributed by atoms with Crippen LogP contribution in [0.2, 0.25) is 0 Å². The molecule has 1 aliphatic heterocycles. The third-order valence-corrected chi connectivity index (χ3v) is 5.38. The lowest BCUT2D eigenvalue weighted by Crippen LogP contribution is -2.50. The van der Waals surface area contributed by atoms with Gasteiger partial charge in [-0.25, -0.2) is 4.98 Å². The van der Waals surface area contributed by atoms with Gasteiger partial charge in [0.2, 0.25) is 5.91 Å². The van der Waals surface area contributed by atoms with Crippen molar-refractivity contribution < 1.29 is 4.79 Å². The highest BCUT2D eigenvalue weighted by atomic mass is 79.9. The third kappa shape index (κ3) is 4.50. The molecule has 1 unspecified atom stereocenters. The molecule has 1 atom stereocenters. The maximum atomic E-state index is 12.0. The van der Waals surface area contributed by atoms with Crippen LogP contribution in [0.1, 0.15) is 20.3 Å². The Morgan fingerprint density at radius 2 is 2.00 bits per heavy atom. The summed E-state index contributed by atoms with van der Waals surface area (Å²) < 4.78 is 1.02. The zero-order valence-corrected chi connectivity index (χ0v) is 16.4. The van der Waals surface area contributed by atoms with Gasteiger partial charge in [-0.15, -0.1) is 0 Å². The summed E-state index contributed by atoms with van der Waals surface area (Å²) in [4.78, 5) is 21.4. The monoisotopic (exact) mass is 404 g/mol. The number of aromatic nitrogens is 1. The van der Waals surface area contributed by atoms with E-state index in [2.05, 4.69) is 56.2 Å². The van der Waals surface area contributed by atoms with Crippen LogP contribution in [0.3, 0.4) is 0 Å². The van der Waals surface area contributed by atoms with Crippen molar-refractivity contribution in [2.24, 2.45) is 0 Å². The summed E-state index contributed by atoms with van der Waals surface area (Å²) in [6, 6.07) is 10.6. The Balaban J connectivity index is 1.59. The first-order valence-corrected chi connectivity index (χ1v) is 9.68. The average Bonchev–Trinajstić information content (AvgIpc) is 2.62. The Morgan fingerprint density at radius 1 is 1.24 bits per heavy atom. The highest BCUT2D eigenvalue weighted by molar-refractivity contribution is 9.10. The fraction of sp³-hybridized carbons (Fsp3) is 0.474. The van der Waals surface area contributed by atoms with Gasteiger partial charge in [0.05, 0.1) is 12.1 Å². The lowest BCUT2D eigenvalue weighted by molar-refractivity contribution is -0.122. The molecule has 134 valence electrons. The number of anilines is 1. The van der Waals surface area contributed by atoms with Crippen LogP contribution in [-0.2, 0) is 4.79 Å². The highest BCUT2D eigenvalue weighted by Gasteiger charge is 2.20. The van der Waals surface area contributed by atoms with Crippen molar-refractivity contribution in [3.8, 4) is 0 Å². The number of halogens is 1. The van der Waals surface area contributed by atoms with E-state index >= 15 is 0 Å². The Kier molecular flexibility index (Phi) is 5.91. The molecule has 6 heteroatoms. The lowest BCUT2D eigenvalue weighted by atomic mass is 10.2. The van der Waals surface area contributed by atoms with Gasteiger partial charge in [-0.3, -0.25) is 9.69 Å². The number of piperazine rings is 1. The Hall–Kier alpha value is -1.66. The van der Waals surface area contributed by atoms with Gasteiger partial charge in [-0.2, -0.15) is 0 Å². The lowest BCUT2D eigenvalue weighted by Gasteiger charge is -2.35. The fourth-order valence-corrected chi connectivity index (χ4v) is 3.51. The van der Waals surface area contributed by atoms with Crippen molar-refractivity contribution in [3.05, 3.63) is 34.8 Å². The Morgan fingerprint density at radius 3 is 2.72 bits per heavy atom. The molecule has 0 aliphatic carbocycles. The number of hydrogen-bond acceptors (Lipinski definition) is 4. The van der Waals surface area contributed by atoms with Gasteiger partial charge < -0.3 is 10.2 Å². The van der Waals surface area contributed by atoms with E-state index in [9.17, 15) is 4.79 Å². The van der Waals surface area contributed by atoms with Crippen molar-refractivity contribution in [2.75, 3.05) is 37.6 Å². The number of nitrogens with one attached hydrogen (secondary N) is 1. The predicted molar refractivity (Wildman–Crippen MR) is 106 cm³/mol. The van der Waals surface area contributed by atoms with Crippen molar-refractivity contribution >= 4 is 38.6 Å². The number of pyridine rings is 1. The van der Waals surface area contributed by atoms with Crippen LogP contribution in [0.15, 0.2) is 34.8 Å². The zero-order chi connectivity index (χ0) is 17.8. The van der Waals surface area contributed by atoms with Crippen LogP contribution < -0.4 is 10.2 Å². The first-order valence-electron chi connectivity index (χ1n) is 8.88. The number of amides is 1. The van der Waals surface area contributed by atoms with E-state index in [-0.39, 0.29) is 11.9 Å². The number of rotatable bonds is 5. The molecule has 0 saturated carbocycles. The molecule has 2 heterocycles. The van der Waals surface area contributed by atoms with E-state index in [0.717, 1.165) is 53.8 Å². The molecule has 1 amide bonds. The molecule has 1 N–H and O–H groups in total. The minimum Gasteiger partial charge on any atom is -0.354 e. The van der Waals surface area contributed by atoms with Crippen LogP contribution in [0.4, 0.5) is 5.82 Å². The zero-order valence-electron chi connectivity index (χ0n) is 14.8. The smallest absolute Gasteiger partial charge is 0.234 e. The number of carbonyl (C=O) groups is 1. The van der Waals surface area contributed by atoms with Gasteiger partial charge in [0.15, 0.2) is 0 Å². The standard InChI is InChI=1S/C19H25BrN4O/c1-3-14(2)21-18(25)13-23-9-11-24(12-10-23)17-8-7-15-5-4-6-16(20)19(15)22-17/h4-8,14H,3,9-13H2,1-2H3,(H,21,25). The summed E-state index contributed by atoms with van der Waals surface area (Å²) >= 11 is 3.58. The summed E-state index contributed by atoms with van der Waals surface area (Å²) in [7, 11) is 0. The largest absolute Gasteiger partial charge is 0.354 e. The average molecular weight is 405 g/mol. The topological polar surface area (TPSA) is 48.5 Å². The van der Waals surface area contributed by atoms with Crippen LogP contribution in [0.25, 0.3) is 10.9 Å². The van der Waals surface area contributed by atoms with E-state index < -0.39 is 0 Å². The number of fused-ring (bicyclic) bond motifs is 1. The van der Waals surface area contributed by atoms with E-state index in [1.54, 1.807) is 0 Å². The Bertz CT molecular complexity index is 743. The SMILES string of the molecule is CCC(C)NC(=O)CN1CCN(c2ccc3cccc(Br)c3n2)CC1. The molecule has 0 radical (unpaired) electrons. The Labute approximate surface area is 157 Å². The highest BCUT2D eigenvalue weighted by Crippen LogP contribution is 2.25. The third-order valence-electron chi connectivity index (χ3n) is 4.74. The van der Waals surface area contributed by atoms with Crippen molar-refractivity contribution in [1.29, 1.82) is 0 Å². The van der Waals surface area contributed by atoms with Crippen molar-refractivity contribution in [1.82, 2.24) is 15.2 Å². The molecule has 5 nitrogen and oxygen atoms in total. The maximum Gasteiger partial charge on any atom is 0.234 e. The first kappa shape index (κ1) is 18.1. The van der Waals surface area contributed by atoms with Crippen LogP contribution in [0.5, 0.6) is 0 Å². The molecule has 1 saturated heterocycles. The summed E-state index contributed by atoms with van der Waals surface area (Å²) in [5.74, 6) is 1.12. The second-order valence-corrected chi connectivity index (χ2v) is 7.48. The number of carbonyl (C=O) groups excluding carboxylic acids is 1. The molecule has 1 aromatic heterocycles. The van der Waals surface area contributed by atoms with Crippen LogP contribution in [-0.4, -0.2) is 54.6 Å². The number of benzene rings is 1. The number of nitrogens with zero attached hydrogens (tertiary/aromatic N) is 3. The van der Waals surface area contributed by atoms with E-state index in [4.69, 9.17) is 4.98 Å². The summed E-state index contributed by atoms with van der Waals surface area (Å²) in [6.45, 7) is 8.14. The second-order valence-electron chi connectivity index (χ2n) is 6.62. The molecule has 0 bridgehead atoms. The van der Waals surface area contributed by atoms with Gasteiger partial charge in [-0.05, 0) is 47.5 Å². The van der Waals surface area contributed by atoms with Gasteiger partial charge >= 0.3 is 0 Å². The molecular weight excluding hydrogens is 380 g/mol. The summed E-state index contributed by atoms with van der Waals surface area (Å²) in [6.07, 6.45) is 0.961. The summed E-state index contributed by atoms with van der Waals surface area (Å²) in [5.41, 5.74) is 0.996. The minimum atomic E-state index is 0.121. The quantitative estimate of drug-likeness (QED) is 0.831. The first-order chi connectivity index (χ1) is 12.1. The van der Waals surface area contributed by atoms with Gasteiger partial charge in [0.25, 0.3) is 0 Å². The van der Waals surface area contributed by atoms with E-state index in [0.29, 0.717) is 6.54 Å².